The minimum Gasteiger partial charge on any atom is -0.508 e. The molecule has 0 aromatic heterocycles. The lowest BCUT2D eigenvalue weighted by Crippen LogP contribution is -2.58. The average Bonchev–Trinajstić information content (AvgIpc) is 2.82. The fourth-order valence-electron chi connectivity index (χ4n) is 3.38. The van der Waals surface area contributed by atoms with Crippen molar-refractivity contribution in [3.8, 4) is 5.75 Å². The summed E-state index contributed by atoms with van der Waals surface area (Å²) in [7, 11) is 0. The Morgan fingerprint density at radius 2 is 1.43 bits per heavy atom. The number of aromatic hydroxyl groups is 1. The molecule has 0 bridgehead atoms. The first-order valence-electron chi connectivity index (χ1n) is 11.2. The summed E-state index contributed by atoms with van der Waals surface area (Å²) in [6, 6.07) is 12.4. The second-order valence-electron chi connectivity index (χ2n) is 8.57. The fourth-order valence-corrected chi connectivity index (χ4v) is 3.38. The highest BCUT2D eigenvalue weighted by molar-refractivity contribution is 5.94. The molecule has 0 aliphatic heterocycles. The Kier molecular flexibility index (Phi) is 10.2. The number of carboxylic acid groups (broad SMARTS) is 1. The van der Waals surface area contributed by atoms with Gasteiger partial charge in [-0.1, -0.05) is 56.3 Å². The number of amides is 3. The molecule has 0 saturated heterocycles. The van der Waals surface area contributed by atoms with E-state index in [4.69, 9.17) is 10.8 Å². The number of phenolic OH excluding ortho intramolecular Hbond substituents is 1. The molecule has 10 nitrogen and oxygen atoms in total. The Balaban J connectivity index is 2.17. The summed E-state index contributed by atoms with van der Waals surface area (Å²) in [6.07, 6.45) is 0.351. The molecule has 188 valence electrons. The van der Waals surface area contributed by atoms with Crippen LogP contribution >= 0.6 is 0 Å². The second-order valence-corrected chi connectivity index (χ2v) is 8.57. The number of hydrogen-bond donors (Lipinski definition) is 6. The molecular formula is C25H32N4O6. The van der Waals surface area contributed by atoms with Crippen LogP contribution in [0.5, 0.6) is 5.75 Å². The van der Waals surface area contributed by atoms with Crippen LogP contribution < -0.4 is 21.7 Å². The molecule has 0 aliphatic carbocycles. The van der Waals surface area contributed by atoms with E-state index < -0.39 is 48.4 Å². The van der Waals surface area contributed by atoms with Gasteiger partial charge in [0.25, 0.3) is 0 Å². The van der Waals surface area contributed by atoms with E-state index in [1.807, 2.05) is 30.3 Å². The molecule has 0 fully saturated rings. The molecule has 0 spiro atoms. The summed E-state index contributed by atoms with van der Waals surface area (Å²) in [5, 5.41) is 25.9. The van der Waals surface area contributed by atoms with Crippen molar-refractivity contribution in [3.05, 3.63) is 65.7 Å². The molecule has 3 atom stereocenters. The number of nitrogens with two attached hydrogens (primary N) is 1. The van der Waals surface area contributed by atoms with Gasteiger partial charge in [-0.3, -0.25) is 19.2 Å². The van der Waals surface area contributed by atoms with Gasteiger partial charge in [0.15, 0.2) is 0 Å². The highest BCUT2D eigenvalue weighted by Gasteiger charge is 2.30. The number of aliphatic carboxylic acids is 1. The van der Waals surface area contributed by atoms with Crippen LogP contribution in [0.1, 0.15) is 25.0 Å². The molecule has 2 rings (SSSR count). The molecule has 0 heterocycles. The Morgan fingerprint density at radius 3 is 2.00 bits per heavy atom. The Labute approximate surface area is 203 Å². The lowest BCUT2D eigenvalue weighted by atomic mass is 10.00. The third-order valence-corrected chi connectivity index (χ3v) is 5.31. The van der Waals surface area contributed by atoms with Crippen molar-refractivity contribution in [2.75, 3.05) is 6.54 Å². The normalized spacial score (nSPS) is 13.4. The molecule has 2 aromatic carbocycles. The Hall–Kier alpha value is -3.92. The van der Waals surface area contributed by atoms with Gasteiger partial charge >= 0.3 is 5.97 Å². The van der Waals surface area contributed by atoms with E-state index in [1.165, 1.54) is 12.1 Å². The molecular weight excluding hydrogens is 452 g/mol. The van der Waals surface area contributed by atoms with Crippen molar-refractivity contribution in [3.63, 3.8) is 0 Å². The topological polar surface area (TPSA) is 171 Å². The number of hydrogen-bond acceptors (Lipinski definition) is 6. The second kappa shape index (κ2) is 13.1. The highest BCUT2D eigenvalue weighted by atomic mass is 16.4. The zero-order valence-corrected chi connectivity index (χ0v) is 19.7. The van der Waals surface area contributed by atoms with Crippen LogP contribution in [0.25, 0.3) is 0 Å². The number of carbonyl (C=O) groups is 4. The summed E-state index contributed by atoms with van der Waals surface area (Å²) in [4.78, 5) is 49.3. The predicted molar refractivity (Wildman–Crippen MR) is 129 cm³/mol. The van der Waals surface area contributed by atoms with Gasteiger partial charge in [0.05, 0.1) is 6.04 Å². The zero-order chi connectivity index (χ0) is 26.0. The van der Waals surface area contributed by atoms with Crippen molar-refractivity contribution in [1.29, 1.82) is 0 Å². The molecule has 7 N–H and O–H groups in total. The van der Waals surface area contributed by atoms with E-state index in [0.717, 1.165) is 5.56 Å². The van der Waals surface area contributed by atoms with E-state index in [9.17, 15) is 24.3 Å². The van der Waals surface area contributed by atoms with Crippen LogP contribution in [0, 0.1) is 5.92 Å². The maximum atomic E-state index is 13.2. The van der Waals surface area contributed by atoms with Crippen LogP contribution in [-0.2, 0) is 32.0 Å². The number of carboxylic acids is 1. The number of benzene rings is 2. The highest BCUT2D eigenvalue weighted by Crippen LogP contribution is 2.12. The van der Waals surface area contributed by atoms with E-state index in [2.05, 4.69) is 16.0 Å². The number of rotatable bonds is 12. The standard InChI is InChI=1S/C25H32N4O6/c1-15(2)22(25(35)27-14-21(31)32)29-24(34)20(13-17-8-10-18(30)11-9-17)28-23(33)19(26)12-16-6-4-3-5-7-16/h3-11,15,19-20,22,30H,12-14,26H2,1-2H3,(H,27,35)(H,28,33)(H,29,34)(H,31,32). The first-order valence-corrected chi connectivity index (χ1v) is 11.2. The SMILES string of the molecule is CC(C)C(NC(=O)C(Cc1ccc(O)cc1)NC(=O)C(N)Cc1ccccc1)C(=O)NCC(=O)O. The molecule has 0 saturated carbocycles. The average molecular weight is 485 g/mol. The molecule has 2 aromatic rings. The van der Waals surface area contributed by atoms with Crippen LogP contribution in [0.3, 0.4) is 0 Å². The molecule has 35 heavy (non-hydrogen) atoms. The molecule has 3 unspecified atom stereocenters. The third kappa shape index (κ3) is 9.09. The maximum absolute atomic E-state index is 13.2. The summed E-state index contributed by atoms with van der Waals surface area (Å²) in [6.45, 7) is 2.82. The van der Waals surface area contributed by atoms with Crippen LogP contribution in [0.4, 0.5) is 0 Å². The summed E-state index contributed by atoms with van der Waals surface area (Å²) in [5.74, 6) is -3.31. The minimum atomic E-state index is -1.21. The van der Waals surface area contributed by atoms with Gasteiger partial charge in [0, 0.05) is 6.42 Å². The van der Waals surface area contributed by atoms with Crippen molar-refractivity contribution < 1.29 is 29.4 Å². The monoisotopic (exact) mass is 484 g/mol. The molecule has 0 radical (unpaired) electrons. The van der Waals surface area contributed by atoms with Gasteiger partial charge < -0.3 is 31.9 Å². The third-order valence-electron chi connectivity index (χ3n) is 5.31. The Bertz CT molecular complexity index is 1010. The molecule has 0 aliphatic rings. The van der Waals surface area contributed by atoms with Gasteiger partial charge in [-0.05, 0) is 35.6 Å². The quantitative estimate of drug-likeness (QED) is 0.252. The Morgan fingerprint density at radius 1 is 0.829 bits per heavy atom. The summed E-state index contributed by atoms with van der Waals surface area (Å²) < 4.78 is 0. The van der Waals surface area contributed by atoms with Gasteiger partial charge in [-0.15, -0.1) is 0 Å². The van der Waals surface area contributed by atoms with E-state index >= 15 is 0 Å². The van der Waals surface area contributed by atoms with E-state index in [0.29, 0.717) is 5.56 Å². The minimum absolute atomic E-state index is 0.0543. The van der Waals surface area contributed by atoms with Gasteiger partial charge in [-0.25, -0.2) is 0 Å². The van der Waals surface area contributed by atoms with Crippen molar-refractivity contribution >= 4 is 23.7 Å². The smallest absolute Gasteiger partial charge is 0.322 e. The van der Waals surface area contributed by atoms with Crippen molar-refractivity contribution in [1.82, 2.24) is 16.0 Å². The van der Waals surface area contributed by atoms with Gasteiger partial charge in [0.1, 0.15) is 24.4 Å². The van der Waals surface area contributed by atoms with Crippen molar-refractivity contribution in [2.45, 2.75) is 44.8 Å². The van der Waals surface area contributed by atoms with E-state index in [1.54, 1.807) is 26.0 Å². The largest absolute Gasteiger partial charge is 0.508 e. The first-order chi connectivity index (χ1) is 16.6. The van der Waals surface area contributed by atoms with E-state index in [-0.39, 0.29) is 24.5 Å². The van der Waals surface area contributed by atoms with Crippen LogP contribution in [0.15, 0.2) is 54.6 Å². The van der Waals surface area contributed by atoms with Gasteiger partial charge in [0.2, 0.25) is 17.7 Å². The van der Waals surface area contributed by atoms with Crippen LogP contribution in [0.2, 0.25) is 0 Å². The fraction of sp³-hybridized carbons (Fsp3) is 0.360. The lowest BCUT2D eigenvalue weighted by Gasteiger charge is -2.26. The van der Waals surface area contributed by atoms with Gasteiger partial charge in [-0.2, -0.15) is 0 Å². The maximum Gasteiger partial charge on any atom is 0.322 e. The first kappa shape index (κ1) is 27.3. The zero-order valence-electron chi connectivity index (χ0n) is 19.7. The predicted octanol–water partition coefficient (Wildman–Crippen LogP) is 0.331. The summed E-state index contributed by atoms with van der Waals surface area (Å²) >= 11 is 0. The van der Waals surface area contributed by atoms with Crippen LogP contribution in [-0.4, -0.2) is 58.6 Å². The lowest BCUT2D eigenvalue weighted by molar-refractivity contribution is -0.139. The number of phenols is 1. The number of carbonyl (C=O) groups excluding carboxylic acids is 3. The molecule has 3 amide bonds. The summed E-state index contributed by atoms with van der Waals surface area (Å²) in [5.41, 5.74) is 7.61. The van der Waals surface area contributed by atoms with Crippen molar-refractivity contribution in [2.24, 2.45) is 11.7 Å². The molecule has 10 heteroatoms. The number of nitrogens with one attached hydrogen (secondary N) is 3.